The standard InChI is InChI=1S/C18H32O5/c1-12(2)14-8-7-13(3)9-15(14)23-16(19)10-18(4,5)22-11-17(20)21-6/h12-15H,7-11H2,1-6H3/t13?,14-,15?/m1/s1. The van der Waals surface area contributed by atoms with Crippen LogP contribution in [0.4, 0.5) is 0 Å². The maximum absolute atomic E-state index is 12.3. The van der Waals surface area contributed by atoms with E-state index in [2.05, 4.69) is 25.5 Å². The zero-order valence-corrected chi connectivity index (χ0v) is 15.4. The minimum absolute atomic E-state index is 0.0114. The van der Waals surface area contributed by atoms with Crippen LogP contribution in [0, 0.1) is 17.8 Å². The summed E-state index contributed by atoms with van der Waals surface area (Å²) in [4.78, 5) is 23.4. The number of carbonyl (C=O) groups is 2. The van der Waals surface area contributed by atoms with E-state index in [1.807, 2.05) is 0 Å². The largest absolute Gasteiger partial charge is 0.467 e. The molecule has 0 bridgehead atoms. The number of methoxy groups -OCH3 is 1. The van der Waals surface area contributed by atoms with Crippen molar-refractivity contribution in [3.8, 4) is 0 Å². The van der Waals surface area contributed by atoms with Crippen molar-refractivity contribution in [2.24, 2.45) is 17.8 Å². The van der Waals surface area contributed by atoms with E-state index in [1.54, 1.807) is 13.8 Å². The van der Waals surface area contributed by atoms with Gasteiger partial charge in [0.15, 0.2) is 0 Å². The number of carbonyl (C=O) groups excluding carboxylic acids is 2. The Morgan fingerprint density at radius 1 is 1.17 bits per heavy atom. The van der Waals surface area contributed by atoms with Gasteiger partial charge in [-0.1, -0.05) is 27.2 Å². The average molecular weight is 328 g/mol. The van der Waals surface area contributed by atoms with Crippen LogP contribution in [0.1, 0.15) is 60.3 Å². The maximum atomic E-state index is 12.3. The molecule has 1 rings (SSSR count). The number of rotatable bonds is 7. The van der Waals surface area contributed by atoms with Crippen molar-refractivity contribution in [3.63, 3.8) is 0 Å². The second-order valence-corrected chi connectivity index (χ2v) is 7.66. The molecule has 0 heterocycles. The lowest BCUT2D eigenvalue weighted by Gasteiger charge is -2.37. The van der Waals surface area contributed by atoms with Crippen LogP contribution in [0.15, 0.2) is 0 Å². The van der Waals surface area contributed by atoms with Crippen LogP contribution in [0.2, 0.25) is 0 Å². The normalized spacial score (nSPS) is 25.3. The molecule has 1 saturated carbocycles. The van der Waals surface area contributed by atoms with Crippen LogP contribution >= 0.6 is 0 Å². The molecule has 3 atom stereocenters. The van der Waals surface area contributed by atoms with E-state index in [4.69, 9.17) is 9.47 Å². The molecular formula is C18H32O5. The van der Waals surface area contributed by atoms with Crippen molar-refractivity contribution in [1.29, 1.82) is 0 Å². The molecule has 5 heteroatoms. The lowest BCUT2D eigenvalue weighted by atomic mass is 9.75. The van der Waals surface area contributed by atoms with Gasteiger partial charge < -0.3 is 14.2 Å². The van der Waals surface area contributed by atoms with Crippen molar-refractivity contribution in [3.05, 3.63) is 0 Å². The van der Waals surface area contributed by atoms with E-state index in [1.165, 1.54) is 13.5 Å². The van der Waals surface area contributed by atoms with E-state index < -0.39 is 11.6 Å². The van der Waals surface area contributed by atoms with E-state index in [0.717, 1.165) is 12.8 Å². The Balaban J connectivity index is 2.54. The number of hydrogen-bond donors (Lipinski definition) is 0. The predicted molar refractivity (Wildman–Crippen MR) is 87.9 cm³/mol. The quantitative estimate of drug-likeness (QED) is 0.671. The molecule has 0 radical (unpaired) electrons. The lowest BCUT2D eigenvalue weighted by molar-refractivity contribution is -0.166. The van der Waals surface area contributed by atoms with Gasteiger partial charge in [0.2, 0.25) is 0 Å². The Morgan fingerprint density at radius 2 is 1.83 bits per heavy atom. The molecule has 0 saturated heterocycles. The van der Waals surface area contributed by atoms with Gasteiger partial charge in [0.25, 0.3) is 0 Å². The summed E-state index contributed by atoms with van der Waals surface area (Å²) >= 11 is 0. The molecule has 0 aromatic carbocycles. The van der Waals surface area contributed by atoms with Crippen LogP contribution < -0.4 is 0 Å². The highest BCUT2D eigenvalue weighted by molar-refractivity contribution is 5.72. The topological polar surface area (TPSA) is 61.8 Å². The second-order valence-electron chi connectivity index (χ2n) is 7.66. The number of esters is 2. The molecule has 0 aromatic rings. The van der Waals surface area contributed by atoms with Gasteiger partial charge in [-0.05, 0) is 44.4 Å². The molecule has 1 aliphatic carbocycles. The van der Waals surface area contributed by atoms with E-state index in [0.29, 0.717) is 17.8 Å². The molecular weight excluding hydrogens is 296 g/mol. The third-order valence-electron chi connectivity index (χ3n) is 4.62. The zero-order chi connectivity index (χ0) is 17.6. The number of ether oxygens (including phenoxy) is 3. The molecule has 0 N–H and O–H groups in total. The Labute approximate surface area is 140 Å². The molecule has 0 aliphatic heterocycles. The Kier molecular flexibility index (Phi) is 7.52. The smallest absolute Gasteiger partial charge is 0.331 e. The van der Waals surface area contributed by atoms with Crippen molar-refractivity contribution >= 4 is 11.9 Å². The predicted octanol–water partition coefficient (Wildman–Crippen LogP) is 3.35. The molecule has 0 aromatic heterocycles. The third kappa shape index (κ3) is 6.90. The summed E-state index contributed by atoms with van der Waals surface area (Å²) in [6, 6.07) is 0. The maximum Gasteiger partial charge on any atom is 0.331 e. The van der Waals surface area contributed by atoms with Gasteiger partial charge >= 0.3 is 11.9 Å². The lowest BCUT2D eigenvalue weighted by Crippen LogP contribution is -2.38. The van der Waals surface area contributed by atoms with Gasteiger partial charge in [-0.3, -0.25) is 4.79 Å². The first kappa shape index (κ1) is 19.9. The van der Waals surface area contributed by atoms with Crippen LogP contribution in [0.5, 0.6) is 0 Å². The molecule has 0 amide bonds. The van der Waals surface area contributed by atoms with Gasteiger partial charge in [-0.25, -0.2) is 4.79 Å². The fraction of sp³-hybridized carbons (Fsp3) is 0.889. The van der Waals surface area contributed by atoms with Crippen molar-refractivity contribution in [2.45, 2.75) is 72.0 Å². The molecule has 0 spiro atoms. The Morgan fingerprint density at radius 3 is 2.39 bits per heavy atom. The van der Waals surface area contributed by atoms with Gasteiger partial charge in [-0.15, -0.1) is 0 Å². The molecule has 134 valence electrons. The summed E-state index contributed by atoms with van der Waals surface area (Å²) in [6.07, 6.45) is 3.35. The Bertz CT molecular complexity index is 402. The zero-order valence-electron chi connectivity index (χ0n) is 15.4. The van der Waals surface area contributed by atoms with Crippen LogP contribution in [0.3, 0.4) is 0 Å². The van der Waals surface area contributed by atoms with Gasteiger partial charge in [0.05, 0.1) is 19.1 Å². The summed E-state index contributed by atoms with van der Waals surface area (Å²) in [6.45, 7) is 9.98. The third-order valence-corrected chi connectivity index (χ3v) is 4.62. The monoisotopic (exact) mass is 328 g/mol. The first-order chi connectivity index (χ1) is 10.6. The summed E-state index contributed by atoms with van der Waals surface area (Å²) in [7, 11) is 1.31. The summed E-state index contributed by atoms with van der Waals surface area (Å²) < 4.78 is 15.8. The SMILES string of the molecule is COC(=O)COC(C)(C)CC(=O)OC1CC(C)CC[C@@H]1C(C)C. The van der Waals surface area contributed by atoms with E-state index >= 15 is 0 Å². The first-order valence-corrected chi connectivity index (χ1v) is 8.55. The van der Waals surface area contributed by atoms with Gasteiger partial charge in [-0.2, -0.15) is 0 Å². The molecule has 5 nitrogen and oxygen atoms in total. The highest BCUT2D eigenvalue weighted by Crippen LogP contribution is 2.35. The van der Waals surface area contributed by atoms with Crippen LogP contribution in [0.25, 0.3) is 0 Å². The van der Waals surface area contributed by atoms with Crippen LogP contribution in [-0.4, -0.2) is 37.4 Å². The highest BCUT2D eigenvalue weighted by atomic mass is 16.6. The fourth-order valence-corrected chi connectivity index (χ4v) is 3.17. The van der Waals surface area contributed by atoms with Gasteiger partial charge in [0, 0.05) is 0 Å². The molecule has 1 fully saturated rings. The summed E-state index contributed by atoms with van der Waals surface area (Å²) in [5.74, 6) is 0.807. The summed E-state index contributed by atoms with van der Waals surface area (Å²) in [5, 5.41) is 0. The van der Waals surface area contributed by atoms with Crippen molar-refractivity contribution in [2.75, 3.05) is 13.7 Å². The highest BCUT2D eigenvalue weighted by Gasteiger charge is 2.34. The Hall–Kier alpha value is -1.10. The van der Waals surface area contributed by atoms with Crippen LogP contribution in [-0.2, 0) is 23.8 Å². The molecule has 23 heavy (non-hydrogen) atoms. The summed E-state index contributed by atoms with van der Waals surface area (Å²) in [5.41, 5.74) is -0.751. The number of hydrogen-bond acceptors (Lipinski definition) is 5. The van der Waals surface area contributed by atoms with E-state index in [-0.39, 0.29) is 25.1 Å². The first-order valence-electron chi connectivity index (χ1n) is 8.55. The molecule has 2 unspecified atom stereocenters. The van der Waals surface area contributed by atoms with Gasteiger partial charge in [0.1, 0.15) is 12.7 Å². The average Bonchev–Trinajstić information content (AvgIpc) is 2.43. The molecule has 1 aliphatic rings. The van der Waals surface area contributed by atoms with E-state index in [9.17, 15) is 9.59 Å². The minimum Gasteiger partial charge on any atom is -0.467 e. The fourth-order valence-electron chi connectivity index (χ4n) is 3.17. The minimum atomic E-state index is -0.751. The second kappa shape index (κ2) is 8.67. The van der Waals surface area contributed by atoms with Crippen molar-refractivity contribution < 1.29 is 23.8 Å². The van der Waals surface area contributed by atoms with Crippen molar-refractivity contribution in [1.82, 2.24) is 0 Å².